The van der Waals surface area contributed by atoms with Gasteiger partial charge in [0.25, 0.3) is 0 Å². The number of nitrogens with one attached hydrogen (secondary N) is 4. The average Bonchev–Trinajstić information content (AvgIpc) is 3.51. The number of hydrogen-bond donors (Lipinski definition) is 6. The average molecular weight is 677 g/mol. The van der Waals surface area contributed by atoms with Crippen molar-refractivity contribution in [1.29, 1.82) is 0 Å². The zero-order valence-electron chi connectivity index (χ0n) is 25.3. The van der Waals surface area contributed by atoms with Crippen molar-refractivity contribution >= 4 is 47.6 Å². The summed E-state index contributed by atoms with van der Waals surface area (Å²) in [7, 11) is 1.34. The molecular weight excluding hydrogens is 641 g/mol. The molecule has 1 saturated heterocycles. The van der Waals surface area contributed by atoms with Crippen LogP contribution in [0.1, 0.15) is 25.3 Å². The smallest absolute Gasteiger partial charge is 0.480 e. The van der Waals surface area contributed by atoms with Gasteiger partial charge in [-0.05, 0) is 25.3 Å². The maximum atomic E-state index is 12.5. The summed E-state index contributed by atoms with van der Waals surface area (Å²) in [4.78, 5) is 95.1. The van der Waals surface area contributed by atoms with Crippen LogP contribution in [-0.4, -0.2) is 126 Å². The molecule has 0 saturated carbocycles. The number of alkyl carbamates (subject to hydrolysis) is 1. The molecule has 0 aliphatic carbocycles. The molecule has 0 aromatic heterocycles. The van der Waals surface area contributed by atoms with Crippen molar-refractivity contribution in [2.75, 3.05) is 39.8 Å². The van der Waals surface area contributed by atoms with Crippen LogP contribution in [0.15, 0.2) is 30.3 Å². The quantitative estimate of drug-likeness (QED) is 0.145. The maximum Gasteiger partial charge on any atom is 0.490 e. The third-order valence-corrected chi connectivity index (χ3v) is 6.13. The number of carboxylic acid groups (broad SMARTS) is 2. The van der Waals surface area contributed by atoms with E-state index < -0.39 is 85.5 Å². The third-order valence-electron chi connectivity index (χ3n) is 6.13. The van der Waals surface area contributed by atoms with Crippen LogP contribution >= 0.6 is 0 Å². The van der Waals surface area contributed by atoms with Crippen LogP contribution in [-0.2, 0) is 44.9 Å². The van der Waals surface area contributed by atoms with Crippen LogP contribution in [0.5, 0.6) is 0 Å². The number of halogens is 3. The number of carbonyl (C=O) groups is 8. The molecule has 260 valence electrons. The summed E-state index contributed by atoms with van der Waals surface area (Å²) in [6.45, 7) is -0.0339. The number of ether oxygens (including phenoxy) is 1. The molecule has 17 nitrogen and oxygen atoms in total. The summed E-state index contributed by atoms with van der Waals surface area (Å²) in [6, 6.07) is 7.02. The van der Waals surface area contributed by atoms with E-state index in [1.54, 1.807) is 24.3 Å². The molecule has 1 fully saturated rings. The minimum absolute atomic E-state index is 0.0345. The fraction of sp³-hybridized carbons (Fsp3) is 0.481. The Morgan fingerprint density at radius 2 is 1.55 bits per heavy atom. The molecular formula is C27H35F3N6O11. The summed E-state index contributed by atoms with van der Waals surface area (Å²) in [6.07, 6.45) is -4.96. The Labute approximate surface area is 265 Å². The first kappa shape index (κ1) is 39.6. The first-order chi connectivity index (χ1) is 21.9. The Hall–Kier alpha value is -5.43. The van der Waals surface area contributed by atoms with Crippen LogP contribution in [0, 0.1) is 0 Å². The Morgan fingerprint density at radius 3 is 2.13 bits per heavy atom. The fourth-order valence-corrected chi connectivity index (χ4v) is 3.64. The van der Waals surface area contributed by atoms with Crippen LogP contribution in [0.2, 0.25) is 0 Å². The molecule has 20 heteroatoms. The molecule has 1 aromatic carbocycles. The SMILES string of the molecule is C[C@H](NC(=O)[C@@H]1CCCN1C(=O)CNC(=O)CNC(=O)CN(C)C(=O)CNC(=O)OCc1ccccc1)C(=O)O.O=C(O)C(F)(F)F. The molecule has 2 atom stereocenters. The number of rotatable bonds is 13. The molecule has 1 aliphatic heterocycles. The van der Waals surface area contributed by atoms with E-state index in [2.05, 4.69) is 21.3 Å². The van der Waals surface area contributed by atoms with Crippen molar-refractivity contribution in [1.82, 2.24) is 31.1 Å². The Balaban J connectivity index is 0.00000141. The topological polar surface area (TPSA) is 241 Å². The standard InChI is InChI=1S/C25H34N6O9.C2HF3O2/c1-16(24(37)38)29-23(36)18-9-6-10-31(18)22(35)13-27-19(32)11-26-20(33)14-30(2)21(34)12-28-25(39)40-15-17-7-4-3-5-8-17;3-2(4,5)1(6)7/h3-5,7-8,16,18H,6,9-15H2,1-2H3,(H,26,33)(H,27,32)(H,28,39)(H,29,36)(H,37,38);(H,6,7)/t16-,18-;/m0./s1. The van der Waals surface area contributed by atoms with Gasteiger partial charge in [-0.3, -0.25) is 28.8 Å². The van der Waals surface area contributed by atoms with Crippen LogP contribution in [0.25, 0.3) is 0 Å². The van der Waals surface area contributed by atoms with E-state index in [1.165, 1.54) is 18.9 Å². The lowest BCUT2D eigenvalue weighted by Crippen LogP contribution is -2.52. The van der Waals surface area contributed by atoms with E-state index >= 15 is 0 Å². The molecule has 47 heavy (non-hydrogen) atoms. The van der Waals surface area contributed by atoms with Gasteiger partial charge in [-0.25, -0.2) is 9.59 Å². The van der Waals surface area contributed by atoms with E-state index in [9.17, 15) is 46.7 Å². The van der Waals surface area contributed by atoms with Gasteiger partial charge in [-0.2, -0.15) is 13.2 Å². The Kier molecular flexibility index (Phi) is 16.1. The number of likely N-dealkylation sites (tertiary alicyclic amines) is 1. The largest absolute Gasteiger partial charge is 0.490 e. The second-order valence-electron chi connectivity index (χ2n) is 9.84. The second-order valence-corrected chi connectivity index (χ2v) is 9.84. The molecule has 2 rings (SSSR count). The molecule has 0 radical (unpaired) electrons. The van der Waals surface area contributed by atoms with E-state index in [1.807, 2.05) is 6.07 Å². The number of benzene rings is 1. The highest BCUT2D eigenvalue weighted by molar-refractivity contribution is 5.93. The van der Waals surface area contributed by atoms with Gasteiger partial charge in [0.05, 0.1) is 19.6 Å². The number of hydrogen-bond acceptors (Lipinski definition) is 9. The van der Waals surface area contributed by atoms with Crippen molar-refractivity contribution in [3.8, 4) is 0 Å². The third kappa shape index (κ3) is 15.4. The molecule has 0 bridgehead atoms. The number of carbonyl (C=O) groups excluding carboxylic acids is 6. The molecule has 6 amide bonds. The summed E-state index contributed by atoms with van der Waals surface area (Å²) < 4.78 is 36.7. The van der Waals surface area contributed by atoms with Crippen LogP contribution in [0.3, 0.4) is 0 Å². The van der Waals surface area contributed by atoms with Crippen LogP contribution < -0.4 is 21.3 Å². The van der Waals surface area contributed by atoms with Gasteiger partial charge >= 0.3 is 24.2 Å². The number of aliphatic carboxylic acids is 2. The number of alkyl halides is 3. The summed E-state index contributed by atoms with van der Waals surface area (Å²) >= 11 is 0. The van der Waals surface area contributed by atoms with Gasteiger partial charge in [0.2, 0.25) is 29.5 Å². The Morgan fingerprint density at radius 1 is 0.957 bits per heavy atom. The minimum Gasteiger partial charge on any atom is -0.480 e. The van der Waals surface area contributed by atoms with Crippen molar-refractivity contribution in [2.24, 2.45) is 0 Å². The lowest BCUT2D eigenvalue weighted by atomic mass is 10.2. The first-order valence-corrected chi connectivity index (χ1v) is 13.8. The molecule has 6 N–H and O–H groups in total. The fourth-order valence-electron chi connectivity index (χ4n) is 3.64. The first-order valence-electron chi connectivity index (χ1n) is 13.8. The van der Waals surface area contributed by atoms with E-state index in [4.69, 9.17) is 19.7 Å². The predicted octanol–water partition coefficient (Wildman–Crippen LogP) is -1.18. The van der Waals surface area contributed by atoms with Crippen molar-refractivity contribution in [3.63, 3.8) is 0 Å². The summed E-state index contributed by atoms with van der Waals surface area (Å²) in [5.41, 5.74) is 0.779. The lowest BCUT2D eigenvalue weighted by Gasteiger charge is -2.25. The minimum atomic E-state index is -5.08. The predicted molar refractivity (Wildman–Crippen MR) is 152 cm³/mol. The van der Waals surface area contributed by atoms with E-state index in [0.717, 1.165) is 10.5 Å². The highest BCUT2D eigenvalue weighted by Gasteiger charge is 2.38. The molecule has 0 unspecified atom stereocenters. The highest BCUT2D eigenvalue weighted by atomic mass is 19.4. The van der Waals surface area contributed by atoms with Gasteiger partial charge in [-0.1, -0.05) is 30.3 Å². The van der Waals surface area contributed by atoms with Gasteiger partial charge in [-0.15, -0.1) is 0 Å². The zero-order chi connectivity index (χ0) is 35.7. The van der Waals surface area contributed by atoms with E-state index in [0.29, 0.717) is 12.8 Å². The van der Waals surface area contributed by atoms with Gasteiger partial charge < -0.3 is 46.0 Å². The monoisotopic (exact) mass is 676 g/mol. The zero-order valence-corrected chi connectivity index (χ0v) is 25.3. The number of amides is 6. The molecule has 1 aliphatic rings. The molecule has 1 aromatic rings. The number of nitrogens with zero attached hydrogens (tertiary/aromatic N) is 2. The normalized spacial score (nSPS) is 14.3. The molecule has 0 spiro atoms. The van der Waals surface area contributed by atoms with Crippen molar-refractivity contribution in [2.45, 2.75) is 44.6 Å². The van der Waals surface area contributed by atoms with Crippen molar-refractivity contribution in [3.05, 3.63) is 35.9 Å². The van der Waals surface area contributed by atoms with Crippen molar-refractivity contribution < 1.29 is 66.5 Å². The molecule has 1 heterocycles. The van der Waals surface area contributed by atoms with Crippen LogP contribution in [0.4, 0.5) is 18.0 Å². The second kappa shape index (κ2) is 19.2. The highest BCUT2D eigenvalue weighted by Crippen LogP contribution is 2.17. The van der Waals surface area contributed by atoms with Gasteiger partial charge in [0.1, 0.15) is 25.2 Å². The van der Waals surface area contributed by atoms with Gasteiger partial charge in [0, 0.05) is 13.6 Å². The summed E-state index contributed by atoms with van der Waals surface area (Å²) in [5.74, 6) is -6.95. The number of carboxylic acids is 2. The summed E-state index contributed by atoms with van der Waals surface area (Å²) in [5, 5.41) is 25.4. The lowest BCUT2D eigenvalue weighted by molar-refractivity contribution is -0.192. The number of likely N-dealkylation sites (N-methyl/N-ethyl adjacent to an activating group) is 1. The van der Waals surface area contributed by atoms with Gasteiger partial charge in [0.15, 0.2) is 0 Å². The maximum absolute atomic E-state index is 12.5. The van der Waals surface area contributed by atoms with E-state index in [-0.39, 0.29) is 19.7 Å². The Bertz CT molecular complexity index is 1300.